The lowest BCUT2D eigenvalue weighted by molar-refractivity contribution is -0.137. The Hall–Kier alpha value is -1.30. The number of carboxylic acid groups (broad SMARTS) is 1. The van der Waals surface area contributed by atoms with E-state index in [1.165, 1.54) is 19.3 Å². The summed E-state index contributed by atoms with van der Waals surface area (Å²) < 4.78 is 5.67. The minimum atomic E-state index is -0.844. The summed E-state index contributed by atoms with van der Waals surface area (Å²) in [7, 11) is 0. The minimum absolute atomic E-state index is 0.0745. The zero-order valence-electron chi connectivity index (χ0n) is 11.3. The summed E-state index contributed by atoms with van der Waals surface area (Å²) in [5.41, 5.74) is 0. The summed E-state index contributed by atoms with van der Waals surface area (Å²) >= 11 is 0. The second kappa shape index (κ2) is 9.61. The van der Waals surface area contributed by atoms with Crippen LogP contribution in [0.1, 0.15) is 44.9 Å². The Balaban J connectivity index is 1.90. The van der Waals surface area contributed by atoms with E-state index in [0.717, 1.165) is 12.8 Å². The number of nitrogens with one attached hydrogen (secondary N) is 2. The van der Waals surface area contributed by atoms with Crippen LogP contribution in [0.3, 0.4) is 0 Å². The lowest BCUT2D eigenvalue weighted by atomic mass is 9.98. The van der Waals surface area contributed by atoms with Gasteiger partial charge in [0.1, 0.15) is 0 Å². The summed E-state index contributed by atoms with van der Waals surface area (Å²) in [6.45, 7) is 1.40. The molecule has 0 spiro atoms. The van der Waals surface area contributed by atoms with E-state index >= 15 is 0 Å². The topological polar surface area (TPSA) is 87.7 Å². The standard InChI is InChI=1S/C13H24N2O4/c16-12(17)7-4-8-14-13(18)15-9-10-19-11-5-2-1-3-6-11/h11H,1-10H2,(H,16,17)(H2,14,15,18). The fourth-order valence-corrected chi connectivity index (χ4v) is 2.13. The number of aliphatic carboxylic acids is 1. The van der Waals surface area contributed by atoms with Gasteiger partial charge >= 0.3 is 12.0 Å². The van der Waals surface area contributed by atoms with Gasteiger partial charge in [0.05, 0.1) is 12.7 Å². The van der Waals surface area contributed by atoms with E-state index in [1.807, 2.05) is 0 Å². The molecule has 1 aliphatic carbocycles. The Kier molecular flexibility index (Phi) is 7.97. The molecule has 0 aromatic heterocycles. The number of ether oxygens (including phenoxy) is 1. The summed E-state index contributed by atoms with van der Waals surface area (Å²) in [4.78, 5) is 21.6. The lowest BCUT2D eigenvalue weighted by Gasteiger charge is -2.22. The van der Waals surface area contributed by atoms with Crippen LogP contribution < -0.4 is 10.6 Å². The van der Waals surface area contributed by atoms with Gasteiger partial charge in [-0.1, -0.05) is 19.3 Å². The molecule has 1 rings (SSSR count). The van der Waals surface area contributed by atoms with Crippen molar-refractivity contribution < 1.29 is 19.4 Å². The van der Waals surface area contributed by atoms with Crippen LogP contribution in [0.2, 0.25) is 0 Å². The Bertz CT molecular complexity index is 278. The van der Waals surface area contributed by atoms with Crippen LogP contribution in [0.25, 0.3) is 0 Å². The molecule has 0 aromatic carbocycles. The smallest absolute Gasteiger partial charge is 0.314 e. The van der Waals surface area contributed by atoms with Crippen LogP contribution in [-0.2, 0) is 9.53 Å². The Labute approximate surface area is 113 Å². The first-order valence-corrected chi connectivity index (χ1v) is 7.03. The summed E-state index contributed by atoms with van der Waals surface area (Å²) in [6, 6.07) is -0.266. The monoisotopic (exact) mass is 272 g/mol. The van der Waals surface area contributed by atoms with Crippen LogP contribution >= 0.6 is 0 Å². The fraction of sp³-hybridized carbons (Fsp3) is 0.846. The van der Waals surface area contributed by atoms with Gasteiger partial charge in [0.25, 0.3) is 0 Å². The second-order valence-electron chi connectivity index (χ2n) is 4.81. The third-order valence-electron chi connectivity index (χ3n) is 3.15. The van der Waals surface area contributed by atoms with Gasteiger partial charge in [0, 0.05) is 19.5 Å². The molecule has 0 atom stereocenters. The average Bonchev–Trinajstić information content (AvgIpc) is 2.41. The van der Waals surface area contributed by atoms with Crippen molar-refractivity contribution in [2.75, 3.05) is 19.7 Å². The number of hydrogen-bond donors (Lipinski definition) is 3. The Morgan fingerprint density at radius 3 is 2.47 bits per heavy atom. The Morgan fingerprint density at radius 2 is 1.79 bits per heavy atom. The van der Waals surface area contributed by atoms with Gasteiger partial charge < -0.3 is 20.5 Å². The maximum absolute atomic E-state index is 11.3. The predicted octanol–water partition coefficient (Wildman–Crippen LogP) is 1.50. The third-order valence-corrected chi connectivity index (χ3v) is 3.15. The zero-order chi connectivity index (χ0) is 13.9. The molecular formula is C13H24N2O4. The van der Waals surface area contributed by atoms with Crippen LogP contribution in [0.5, 0.6) is 0 Å². The van der Waals surface area contributed by atoms with Crippen LogP contribution in [-0.4, -0.2) is 42.9 Å². The van der Waals surface area contributed by atoms with Crippen molar-refractivity contribution in [3.63, 3.8) is 0 Å². The fourth-order valence-electron chi connectivity index (χ4n) is 2.13. The Morgan fingerprint density at radius 1 is 1.11 bits per heavy atom. The highest BCUT2D eigenvalue weighted by Gasteiger charge is 2.13. The van der Waals surface area contributed by atoms with Crippen LogP contribution in [0, 0.1) is 0 Å². The average molecular weight is 272 g/mol. The van der Waals surface area contributed by atoms with Gasteiger partial charge in [-0.25, -0.2) is 4.79 Å². The number of carbonyl (C=O) groups excluding carboxylic acids is 1. The van der Waals surface area contributed by atoms with Gasteiger partial charge in [-0.15, -0.1) is 0 Å². The van der Waals surface area contributed by atoms with Gasteiger partial charge in [-0.05, 0) is 19.3 Å². The molecule has 6 nitrogen and oxygen atoms in total. The number of rotatable bonds is 8. The zero-order valence-corrected chi connectivity index (χ0v) is 11.3. The molecule has 110 valence electrons. The van der Waals surface area contributed by atoms with E-state index in [-0.39, 0.29) is 12.5 Å². The van der Waals surface area contributed by atoms with Gasteiger partial charge in [-0.3, -0.25) is 4.79 Å². The number of urea groups is 1. The van der Waals surface area contributed by atoms with Crippen molar-refractivity contribution in [3.8, 4) is 0 Å². The SMILES string of the molecule is O=C(O)CCCNC(=O)NCCOC1CCCCC1. The summed E-state index contributed by atoms with van der Waals surface area (Å²) in [5, 5.41) is 13.7. The van der Waals surface area contributed by atoms with Crippen LogP contribution in [0.4, 0.5) is 4.79 Å². The molecule has 0 unspecified atom stereocenters. The van der Waals surface area contributed by atoms with E-state index in [0.29, 0.717) is 32.2 Å². The number of amides is 2. The quantitative estimate of drug-likeness (QED) is 0.584. The maximum atomic E-state index is 11.3. The molecule has 0 aliphatic heterocycles. The molecule has 2 amide bonds. The highest BCUT2D eigenvalue weighted by Crippen LogP contribution is 2.19. The number of hydrogen-bond acceptors (Lipinski definition) is 3. The molecule has 1 saturated carbocycles. The molecule has 0 aromatic rings. The van der Waals surface area contributed by atoms with Crippen molar-refractivity contribution in [1.82, 2.24) is 10.6 Å². The molecule has 6 heteroatoms. The lowest BCUT2D eigenvalue weighted by Crippen LogP contribution is -2.38. The van der Waals surface area contributed by atoms with Gasteiger partial charge in [0.15, 0.2) is 0 Å². The van der Waals surface area contributed by atoms with Crippen molar-refractivity contribution in [3.05, 3.63) is 0 Å². The number of carbonyl (C=O) groups is 2. The first kappa shape index (κ1) is 15.8. The van der Waals surface area contributed by atoms with E-state index in [9.17, 15) is 9.59 Å². The van der Waals surface area contributed by atoms with Crippen molar-refractivity contribution in [2.24, 2.45) is 0 Å². The predicted molar refractivity (Wildman–Crippen MR) is 71.1 cm³/mol. The summed E-state index contributed by atoms with van der Waals surface area (Å²) in [5.74, 6) is -0.844. The molecule has 19 heavy (non-hydrogen) atoms. The van der Waals surface area contributed by atoms with E-state index in [4.69, 9.17) is 9.84 Å². The first-order chi connectivity index (χ1) is 9.18. The second-order valence-corrected chi connectivity index (χ2v) is 4.81. The molecule has 0 heterocycles. The molecule has 0 bridgehead atoms. The highest BCUT2D eigenvalue weighted by atomic mass is 16.5. The van der Waals surface area contributed by atoms with Crippen molar-refractivity contribution >= 4 is 12.0 Å². The third kappa shape index (κ3) is 8.42. The van der Waals surface area contributed by atoms with Crippen LogP contribution in [0.15, 0.2) is 0 Å². The van der Waals surface area contributed by atoms with E-state index in [1.54, 1.807) is 0 Å². The van der Waals surface area contributed by atoms with Gasteiger partial charge in [-0.2, -0.15) is 0 Å². The molecule has 1 aliphatic rings. The van der Waals surface area contributed by atoms with Crippen molar-refractivity contribution in [1.29, 1.82) is 0 Å². The first-order valence-electron chi connectivity index (χ1n) is 7.03. The molecular weight excluding hydrogens is 248 g/mol. The molecule has 1 fully saturated rings. The molecule has 3 N–H and O–H groups in total. The largest absolute Gasteiger partial charge is 0.481 e. The van der Waals surface area contributed by atoms with Crippen molar-refractivity contribution in [2.45, 2.75) is 51.0 Å². The number of carboxylic acids is 1. The highest BCUT2D eigenvalue weighted by molar-refractivity contribution is 5.73. The molecule has 0 radical (unpaired) electrons. The normalized spacial score (nSPS) is 16.0. The van der Waals surface area contributed by atoms with Gasteiger partial charge in [0.2, 0.25) is 0 Å². The van der Waals surface area contributed by atoms with E-state index < -0.39 is 5.97 Å². The minimum Gasteiger partial charge on any atom is -0.481 e. The molecule has 0 saturated heterocycles. The van der Waals surface area contributed by atoms with E-state index in [2.05, 4.69) is 10.6 Å². The summed E-state index contributed by atoms with van der Waals surface area (Å²) in [6.07, 6.45) is 6.91. The maximum Gasteiger partial charge on any atom is 0.314 e.